The molecule has 0 fully saturated rings. The van der Waals surface area contributed by atoms with Gasteiger partial charge in [0.25, 0.3) is 0 Å². The van der Waals surface area contributed by atoms with E-state index < -0.39 is 0 Å². The topological polar surface area (TPSA) is 12.0 Å². The Hall–Kier alpha value is -0.980. The molecule has 0 atom stereocenters. The van der Waals surface area contributed by atoms with Gasteiger partial charge in [0.15, 0.2) is 0 Å². The molecule has 0 spiro atoms. The molecule has 1 heteroatoms. The van der Waals surface area contributed by atoms with Gasteiger partial charge in [-0.25, -0.2) is 0 Å². The molecule has 0 aromatic heterocycles. The third-order valence-electron chi connectivity index (χ3n) is 3.18. The fourth-order valence-corrected chi connectivity index (χ4v) is 2.43. The van der Waals surface area contributed by atoms with Crippen LogP contribution < -0.4 is 5.32 Å². The van der Waals surface area contributed by atoms with Crippen molar-refractivity contribution in [3.05, 3.63) is 28.3 Å². The summed E-state index contributed by atoms with van der Waals surface area (Å²) in [5.41, 5.74) is 7.43. The van der Waals surface area contributed by atoms with Gasteiger partial charge in [-0.3, -0.25) is 0 Å². The van der Waals surface area contributed by atoms with Gasteiger partial charge in [0.1, 0.15) is 0 Å². The first-order valence-corrected chi connectivity index (χ1v) is 5.03. The number of aryl methyl sites for hydroxylation is 1. The molecule has 0 bridgehead atoms. The van der Waals surface area contributed by atoms with E-state index in [1.165, 1.54) is 36.1 Å². The van der Waals surface area contributed by atoms with E-state index >= 15 is 0 Å². The van der Waals surface area contributed by atoms with Gasteiger partial charge in [-0.15, -0.1) is 0 Å². The third kappa shape index (κ3) is 1.23. The molecule has 0 amide bonds. The van der Waals surface area contributed by atoms with Crippen LogP contribution in [-0.4, -0.2) is 7.05 Å². The zero-order valence-electron chi connectivity index (χ0n) is 8.70. The van der Waals surface area contributed by atoms with Gasteiger partial charge in [0, 0.05) is 12.7 Å². The van der Waals surface area contributed by atoms with Crippen molar-refractivity contribution in [1.82, 2.24) is 0 Å². The Morgan fingerprint density at radius 1 is 1.15 bits per heavy atom. The first-order chi connectivity index (χ1) is 6.24. The number of hydrogen-bond acceptors (Lipinski definition) is 1. The normalized spacial score (nSPS) is 14.4. The number of benzene rings is 1. The molecule has 1 N–H and O–H groups in total. The summed E-state index contributed by atoms with van der Waals surface area (Å²) in [5.74, 6) is 0. The van der Waals surface area contributed by atoms with Crippen molar-refractivity contribution in [2.75, 3.05) is 12.4 Å². The number of anilines is 1. The second-order valence-electron chi connectivity index (χ2n) is 3.93. The highest BCUT2D eigenvalue weighted by Crippen LogP contribution is 2.32. The summed E-state index contributed by atoms with van der Waals surface area (Å²) in [4.78, 5) is 0. The lowest BCUT2D eigenvalue weighted by atomic mass is 9.98. The van der Waals surface area contributed by atoms with Crippen LogP contribution in [-0.2, 0) is 12.8 Å². The van der Waals surface area contributed by atoms with Crippen LogP contribution in [0.15, 0.2) is 6.07 Å². The average Bonchev–Trinajstić information content (AvgIpc) is 2.60. The van der Waals surface area contributed by atoms with Crippen LogP contribution >= 0.6 is 0 Å². The van der Waals surface area contributed by atoms with E-state index in [0.29, 0.717) is 0 Å². The summed E-state index contributed by atoms with van der Waals surface area (Å²) in [7, 11) is 2.00. The van der Waals surface area contributed by atoms with E-state index in [2.05, 4.69) is 25.2 Å². The molecule has 0 unspecified atom stereocenters. The fourth-order valence-electron chi connectivity index (χ4n) is 2.43. The van der Waals surface area contributed by atoms with Gasteiger partial charge in [-0.05, 0) is 61.4 Å². The maximum atomic E-state index is 3.27. The summed E-state index contributed by atoms with van der Waals surface area (Å²) < 4.78 is 0. The Bertz CT molecular complexity index is 339. The van der Waals surface area contributed by atoms with Crippen molar-refractivity contribution in [1.29, 1.82) is 0 Å². The fraction of sp³-hybridized carbons (Fsp3) is 0.500. The van der Waals surface area contributed by atoms with Crippen LogP contribution in [0.4, 0.5) is 5.69 Å². The van der Waals surface area contributed by atoms with Crippen molar-refractivity contribution in [2.45, 2.75) is 33.1 Å². The van der Waals surface area contributed by atoms with E-state index in [4.69, 9.17) is 0 Å². The van der Waals surface area contributed by atoms with Crippen molar-refractivity contribution in [3.63, 3.8) is 0 Å². The molecule has 0 radical (unpaired) electrons. The standard InChI is InChI=1S/C12H17N/c1-8-7-12(13-3)9(2)11-6-4-5-10(8)11/h7,13H,4-6H2,1-3H3. The molecule has 70 valence electrons. The van der Waals surface area contributed by atoms with Crippen molar-refractivity contribution in [2.24, 2.45) is 0 Å². The van der Waals surface area contributed by atoms with E-state index in [9.17, 15) is 0 Å². The number of nitrogens with one attached hydrogen (secondary N) is 1. The Labute approximate surface area is 80.2 Å². The molecule has 0 saturated carbocycles. The lowest BCUT2D eigenvalue weighted by Crippen LogP contribution is -1.98. The first-order valence-electron chi connectivity index (χ1n) is 5.03. The predicted molar refractivity (Wildman–Crippen MR) is 57.5 cm³/mol. The Balaban J connectivity index is 2.62. The monoisotopic (exact) mass is 175 g/mol. The summed E-state index contributed by atoms with van der Waals surface area (Å²) in [6.45, 7) is 4.46. The van der Waals surface area contributed by atoms with Crippen LogP contribution in [0.2, 0.25) is 0 Å². The minimum Gasteiger partial charge on any atom is -0.388 e. The maximum absolute atomic E-state index is 3.27. The van der Waals surface area contributed by atoms with Crippen LogP contribution in [0, 0.1) is 13.8 Å². The molecule has 0 aliphatic heterocycles. The molecule has 1 aliphatic rings. The highest BCUT2D eigenvalue weighted by atomic mass is 14.8. The van der Waals surface area contributed by atoms with Gasteiger partial charge in [-0.2, -0.15) is 0 Å². The van der Waals surface area contributed by atoms with E-state index in [0.717, 1.165) is 0 Å². The number of rotatable bonds is 1. The number of hydrogen-bond donors (Lipinski definition) is 1. The molecule has 1 aliphatic carbocycles. The van der Waals surface area contributed by atoms with E-state index in [1.807, 2.05) is 7.05 Å². The van der Waals surface area contributed by atoms with Gasteiger partial charge < -0.3 is 5.32 Å². The lowest BCUT2D eigenvalue weighted by Gasteiger charge is -2.13. The van der Waals surface area contributed by atoms with Crippen LogP contribution in [0.5, 0.6) is 0 Å². The molecule has 1 aromatic carbocycles. The van der Waals surface area contributed by atoms with Gasteiger partial charge >= 0.3 is 0 Å². The Kier molecular flexibility index (Phi) is 2.03. The largest absolute Gasteiger partial charge is 0.388 e. The molecule has 13 heavy (non-hydrogen) atoms. The molecule has 1 aromatic rings. The Morgan fingerprint density at radius 3 is 2.54 bits per heavy atom. The molecule has 2 rings (SSSR count). The van der Waals surface area contributed by atoms with Crippen molar-refractivity contribution < 1.29 is 0 Å². The highest BCUT2D eigenvalue weighted by Gasteiger charge is 2.17. The third-order valence-corrected chi connectivity index (χ3v) is 3.18. The van der Waals surface area contributed by atoms with E-state index in [-0.39, 0.29) is 0 Å². The van der Waals surface area contributed by atoms with Gasteiger partial charge in [-0.1, -0.05) is 0 Å². The second-order valence-corrected chi connectivity index (χ2v) is 3.93. The highest BCUT2D eigenvalue weighted by molar-refractivity contribution is 5.60. The SMILES string of the molecule is CNc1cc(C)c2c(c1C)CCC2. The second kappa shape index (κ2) is 3.06. The molecular formula is C12H17N. The Morgan fingerprint density at radius 2 is 1.85 bits per heavy atom. The summed E-state index contributed by atoms with van der Waals surface area (Å²) in [6.07, 6.45) is 3.90. The van der Waals surface area contributed by atoms with Gasteiger partial charge in [0.05, 0.1) is 0 Å². The average molecular weight is 175 g/mol. The minimum absolute atomic E-state index is 1.28. The zero-order chi connectivity index (χ0) is 9.42. The summed E-state index contributed by atoms with van der Waals surface area (Å²) in [6, 6.07) is 2.28. The quantitative estimate of drug-likeness (QED) is 0.692. The lowest BCUT2D eigenvalue weighted by molar-refractivity contribution is 0.907. The van der Waals surface area contributed by atoms with Crippen LogP contribution in [0.3, 0.4) is 0 Å². The number of fused-ring (bicyclic) bond motifs is 1. The summed E-state index contributed by atoms with van der Waals surface area (Å²) >= 11 is 0. The maximum Gasteiger partial charge on any atom is 0.0372 e. The smallest absolute Gasteiger partial charge is 0.0372 e. The van der Waals surface area contributed by atoms with Crippen LogP contribution in [0.1, 0.15) is 28.7 Å². The molecule has 0 saturated heterocycles. The zero-order valence-corrected chi connectivity index (χ0v) is 8.70. The van der Waals surface area contributed by atoms with E-state index in [1.54, 1.807) is 11.1 Å². The molecule has 1 nitrogen and oxygen atoms in total. The predicted octanol–water partition coefficient (Wildman–Crippen LogP) is 2.83. The first kappa shape index (κ1) is 8.61. The van der Waals surface area contributed by atoms with Crippen molar-refractivity contribution >= 4 is 5.69 Å². The minimum atomic E-state index is 1.28. The van der Waals surface area contributed by atoms with Gasteiger partial charge in [0.2, 0.25) is 0 Å². The molecule has 0 heterocycles. The van der Waals surface area contributed by atoms with Crippen molar-refractivity contribution in [3.8, 4) is 0 Å². The summed E-state index contributed by atoms with van der Waals surface area (Å²) in [5, 5.41) is 3.27. The molecular weight excluding hydrogens is 158 g/mol. The van der Waals surface area contributed by atoms with Crippen LogP contribution in [0.25, 0.3) is 0 Å².